The monoisotopic (exact) mass is 273 g/mol. The molecule has 0 spiro atoms. The Morgan fingerprint density at radius 2 is 2.42 bits per heavy atom. The molecule has 2 aromatic rings. The van der Waals surface area contributed by atoms with E-state index in [9.17, 15) is 0 Å². The Balaban J connectivity index is 2.24. The van der Waals surface area contributed by atoms with Crippen LogP contribution in [0.4, 0.5) is 0 Å². The highest BCUT2D eigenvalue weighted by atomic mass is 35.5. The number of halogens is 1. The van der Waals surface area contributed by atoms with Crippen LogP contribution in [-0.2, 0) is 6.42 Å². The molecule has 0 fully saturated rings. The van der Waals surface area contributed by atoms with Crippen LogP contribution in [0.3, 0.4) is 0 Å². The number of nitrogens with one attached hydrogen (secondary N) is 1. The molecule has 5 nitrogen and oxygen atoms in total. The first-order valence-electron chi connectivity index (χ1n) is 5.72. The van der Waals surface area contributed by atoms with Gasteiger partial charge in [0, 0.05) is 6.54 Å². The van der Waals surface area contributed by atoms with E-state index >= 15 is 0 Å². The summed E-state index contributed by atoms with van der Waals surface area (Å²) in [5.74, 6) is 0. The third-order valence-electron chi connectivity index (χ3n) is 2.54. The number of aromatic nitrogens is 3. The first-order valence-corrected chi connectivity index (χ1v) is 6.10. The van der Waals surface area contributed by atoms with Crippen molar-refractivity contribution < 1.29 is 0 Å². The minimum atomic E-state index is 0.421. The molecule has 0 radical (unpaired) electrons. The number of hydrogen-bond acceptors (Lipinski definition) is 4. The fourth-order valence-corrected chi connectivity index (χ4v) is 1.76. The minimum absolute atomic E-state index is 0.421. The lowest BCUT2D eigenvalue weighted by Gasteiger charge is -2.02. The molecule has 1 aromatic carbocycles. The van der Waals surface area contributed by atoms with Gasteiger partial charge in [-0.3, -0.25) is 0 Å². The fraction of sp³-hybridized carbons (Fsp3) is 0.154. The number of benzene rings is 1. The van der Waals surface area contributed by atoms with E-state index < -0.39 is 0 Å². The molecule has 6 heteroatoms. The first-order chi connectivity index (χ1) is 9.33. The van der Waals surface area contributed by atoms with Gasteiger partial charge < -0.3 is 0 Å². The third kappa shape index (κ3) is 3.65. The number of rotatable bonds is 5. The summed E-state index contributed by atoms with van der Waals surface area (Å²) in [6, 6.07) is 10.0. The smallest absolute Gasteiger partial charge is 0.144 e. The highest BCUT2D eigenvalue weighted by Gasteiger charge is 2.01. The van der Waals surface area contributed by atoms with E-state index in [4.69, 9.17) is 17.0 Å². The second-order valence-corrected chi connectivity index (χ2v) is 4.13. The maximum Gasteiger partial charge on any atom is 0.144 e. The molecule has 0 unspecified atom stereocenters. The Morgan fingerprint density at radius 1 is 1.53 bits per heavy atom. The van der Waals surface area contributed by atoms with Gasteiger partial charge in [0.2, 0.25) is 0 Å². The quantitative estimate of drug-likeness (QED) is 0.669. The van der Waals surface area contributed by atoms with Crippen LogP contribution in [-0.4, -0.2) is 21.3 Å². The lowest BCUT2D eigenvalue weighted by molar-refractivity contribution is 0.898. The molecular weight excluding hydrogens is 262 g/mol. The van der Waals surface area contributed by atoms with Gasteiger partial charge in [-0.25, -0.2) is 14.5 Å². The van der Waals surface area contributed by atoms with Gasteiger partial charge in [0.25, 0.3) is 0 Å². The molecule has 0 amide bonds. The highest BCUT2D eigenvalue weighted by Crippen LogP contribution is 2.12. The van der Waals surface area contributed by atoms with Gasteiger partial charge in [0.05, 0.1) is 0 Å². The van der Waals surface area contributed by atoms with Gasteiger partial charge in [-0.15, -0.1) is 0 Å². The second kappa shape index (κ2) is 6.69. The van der Waals surface area contributed by atoms with Crippen molar-refractivity contribution in [1.29, 1.82) is 5.26 Å². The highest BCUT2D eigenvalue weighted by molar-refractivity contribution is 6.13. The average molecular weight is 274 g/mol. The molecule has 1 aromatic heterocycles. The van der Waals surface area contributed by atoms with Crippen LogP contribution in [0.2, 0.25) is 0 Å². The molecule has 19 heavy (non-hydrogen) atoms. The van der Waals surface area contributed by atoms with Crippen LogP contribution >= 0.6 is 11.8 Å². The van der Waals surface area contributed by atoms with Gasteiger partial charge in [-0.1, -0.05) is 24.3 Å². The SMILES string of the molecule is N#CC(=Cc1cccc(CCNCl)c1)n1cncn1. The average Bonchev–Trinajstić information content (AvgIpc) is 2.97. The predicted molar refractivity (Wildman–Crippen MR) is 73.8 cm³/mol. The summed E-state index contributed by atoms with van der Waals surface area (Å²) < 4.78 is 1.44. The molecule has 96 valence electrons. The molecule has 0 saturated heterocycles. The van der Waals surface area contributed by atoms with E-state index in [2.05, 4.69) is 21.0 Å². The second-order valence-electron chi connectivity index (χ2n) is 3.86. The van der Waals surface area contributed by atoms with Crippen molar-refractivity contribution in [3.05, 3.63) is 48.0 Å². The molecule has 1 heterocycles. The molecule has 0 aliphatic rings. The lowest BCUT2D eigenvalue weighted by Crippen LogP contribution is -2.04. The van der Waals surface area contributed by atoms with Gasteiger partial charge in [-0.2, -0.15) is 10.4 Å². The van der Waals surface area contributed by atoms with Crippen molar-refractivity contribution in [2.75, 3.05) is 6.54 Å². The van der Waals surface area contributed by atoms with E-state index in [1.54, 1.807) is 6.08 Å². The molecule has 0 aliphatic heterocycles. The molecule has 1 N–H and O–H groups in total. The van der Waals surface area contributed by atoms with Crippen LogP contribution in [0, 0.1) is 11.3 Å². The molecule has 0 saturated carbocycles. The largest absolute Gasteiger partial charge is 0.233 e. The molecule has 0 aliphatic carbocycles. The van der Waals surface area contributed by atoms with Crippen molar-refractivity contribution in [2.45, 2.75) is 6.42 Å². The van der Waals surface area contributed by atoms with Crippen LogP contribution in [0.5, 0.6) is 0 Å². The summed E-state index contributed by atoms with van der Waals surface area (Å²) >= 11 is 5.44. The molecule has 0 atom stereocenters. The maximum absolute atomic E-state index is 9.14. The molecule has 0 bridgehead atoms. The summed E-state index contributed by atoms with van der Waals surface area (Å²) in [5.41, 5.74) is 2.52. The third-order valence-corrected chi connectivity index (χ3v) is 2.73. The van der Waals surface area contributed by atoms with Crippen molar-refractivity contribution in [2.24, 2.45) is 0 Å². The van der Waals surface area contributed by atoms with Gasteiger partial charge in [0.1, 0.15) is 24.4 Å². The van der Waals surface area contributed by atoms with Crippen molar-refractivity contribution in [3.8, 4) is 6.07 Å². The van der Waals surface area contributed by atoms with Crippen LogP contribution in [0.25, 0.3) is 11.8 Å². The Labute approximate surface area is 116 Å². The lowest BCUT2D eigenvalue weighted by atomic mass is 10.1. The van der Waals surface area contributed by atoms with E-state index in [0.717, 1.165) is 17.5 Å². The Morgan fingerprint density at radius 3 is 3.11 bits per heavy atom. The van der Waals surface area contributed by atoms with E-state index in [-0.39, 0.29) is 0 Å². The minimum Gasteiger partial charge on any atom is -0.233 e. The predicted octanol–water partition coefficient (Wildman–Crippen LogP) is 2.09. The normalized spacial score (nSPS) is 11.3. The Bertz CT molecular complexity index is 598. The topological polar surface area (TPSA) is 66.5 Å². The standard InChI is InChI=1S/C13H12ClN5/c14-17-5-4-11-2-1-3-12(6-11)7-13(8-15)19-10-16-9-18-19/h1-3,6-7,9-10,17H,4-5H2. The van der Waals surface area contributed by atoms with Gasteiger partial charge in [0.15, 0.2) is 0 Å². The summed E-state index contributed by atoms with van der Waals surface area (Å²) in [6.45, 7) is 0.697. The Kier molecular flexibility index (Phi) is 4.67. The summed E-state index contributed by atoms with van der Waals surface area (Å²) in [7, 11) is 0. The van der Waals surface area contributed by atoms with E-state index in [1.165, 1.54) is 17.3 Å². The zero-order valence-electron chi connectivity index (χ0n) is 10.1. The summed E-state index contributed by atoms with van der Waals surface area (Å²) in [5, 5.41) is 13.1. The van der Waals surface area contributed by atoms with E-state index in [1.807, 2.05) is 24.3 Å². The van der Waals surface area contributed by atoms with Crippen LogP contribution in [0.15, 0.2) is 36.9 Å². The van der Waals surface area contributed by atoms with Crippen LogP contribution < -0.4 is 4.84 Å². The first kappa shape index (κ1) is 13.3. The molecular formula is C13H12ClN5. The molecule has 2 rings (SSSR count). The zero-order chi connectivity index (χ0) is 13.5. The number of allylic oxidation sites excluding steroid dienone is 1. The summed E-state index contributed by atoms with van der Waals surface area (Å²) in [6.07, 6.45) is 5.49. The zero-order valence-corrected chi connectivity index (χ0v) is 10.9. The maximum atomic E-state index is 9.14. The van der Waals surface area contributed by atoms with Crippen LogP contribution in [0.1, 0.15) is 11.1 Å². The summed E-state index contributed by atoms with van der Waals surface area (Å²) in [4.78, 5) is 6.42. The van der Waals surface area contributed by atoms with Gasteiger partial charge in [-0.05, 0) is 35.4 Å². The Hall–Kier alpha value is -2.16. The number of nitriles is 1. The van der Waals surface area contributed by atoms with Crippen molar-refractivity contribution >= 4 is 23.5 Å². The fourth-order valence-electron chi connectivity index (χ4n) is 1.67. The van der Waals surface area contributed by atoms with E-state index in [0.29, 0.717) is 12.2 Å². The van der Waals surface area contributed by atoms with Gasteiger partial charge >= 0.3 is 0 Å². The van der Waals surface area contributed by atoms with Crippen molar-refractivity contribution in [3.63, 3.8) is 0 Å². The number of hydrogen-bond donors (Lipinski definition) is 1. The number of nitrogens with zero attached hydrogens (tertiary/aromatic N) is 4. The van der Waals surface area contributed by atoms with Crippen molar-refractivity contribution in [1.82, 2.24) is 19.6 Å².